The second-order valence-corrected chi connectivity index (χ2v) is 6.57. The Morgan fingerprint density at radius 1 is 1.31 bits per heavy atom. The molecule has 0 aliphatic heterocycles. The summed E-state index contributed by atoms with van der Waals surface area (Å²) in [7, 11) is 1.59. The summed E-state index contributed by atoms with van der Waals surface area (Å²) in [6.45, 7) is 4.92. The standard InChI is InChI=1S/C20H30N2O4/c1-4-25-18-11-10-17(12-19(18)24-3)14-22-26-15(2)20(23)21-13-16-8-6-5-7-9-16/h10-12,14-16H,4-9,13H2,1-3H3,(H,21,23)/b22-14+. The van der Waals surface area contributed by atoms with Crippen molar-refractivity contribution in [3.05, 3.63) is 23.8 Å². The predicted molar refractivity (Wildman–Crippen MR) is 102 cm³/mol. The van der Waals surface area contributed by atoms with E-state index in [-0.39, 0.29) is 5.91 Å². The third kappa shape index (κ3) is 6.24. The number of carbonyl (C=O) groups is 1. The topological polar surface area (TPSA) is 69.2 Å². The quantitative estimate of drug-likeness (QED) is 0.539. The number of oxime groups is 1. The molecule has 1 aromatic carbocycles. The van der Waals surface area contributed by atoms with E-state index in [2.05, 4.69) is 10.5 Å². The highest BCUT2D eigenvalue weighted by Crippen LogP contribution is 2.27. The minimum atomic E-state index is -0.626. The summed E-state index contributed by atoms with van der Waals surface area (Å²) >= 11 is 0. The predicted octanol–water partition coefficient (Wildman–Crippen LogP) is 3.53. The maximum absolute atomic E-state index is 12.1. The summed E-state index contributed by atoms with van der Waals surface area (Å²) in [5.41, 5.74) is 0.806. The van der Waals surface area contributed by atoms with E-state index in [9.17, 15) is 4.79 Å². The first-order valence-corrected chi connectivity index (χ1v) is 9.41. The molecule has 2 rings (SSSR count). The average Bonchev–Trinajstić information content (AvgIpc) is 2.68. The molecule has 0 saturated heterocycles. The van der Waals surface area contributed by atoms with E-state index >= 15 is 0 Å². The first-order chi connectivity index (χ1) is 12.6. The molecule has 0 aromatic heterocycles. The molecular weight excluding hydrogens is 332 g/mol. The summed E-state index contributed by atoms with van der Waals surface area (Å²) in [5, 5.41) is 6.89. The molecule has 0 spiro atoms. The lowest BCUT2D eigenvalue weighted by Crippen LogP contribution is -2.37. The van der Waals surface area contributed by atoms with Crippen molar-refractivity contribution in [2.75, 3.05) is 20.3 Å². The van der Waals surface area contributed by atoms with Gasteiger partial charge in [-0.25, -0.2) is 0 Å². The van der Waals surface area contributed by atoms with Crippen molar-refractivity contribution < 1.29 is 19.1 Å². The molecule has 6 nitrogen and oxygen atoms in total. The normalized spacial score (nSPS) is 16.3. The van der Waals surface area contributed by atoms with E-state index in [1.807, 2.05) is 25.1 Å². The van der Waals surface area contributed by atoms with Crippen LogP contribution in [0.5, 0.6) is 11.5 Å². The van der Waals surface area contributed by atoms with Gasteiger partial charge in [0.05, 0.1) is 19.9 Å². The van der Waals surface area contributed by atoms with Crippen LogP contribution in [-0.2, 0) is 9.63 Å². The van der Waals surface area contributed by atoms with Gasteiger partial charge in [-0.05, 0) is 50.8 Å². The summed E-state index contributed by atoms with van der Waals surface area (Å²) in [6, 6.07) is 5.49. The number of nitrogens with zero attached hydrogens (tertiary/aromatic N) is 1. The fourth-order valence-electron chi connectivity index (χ4n) is 3.05. The molecule has 6 heteroatoms. The molecular formula is C20H30N2O4. The molecule has 0 radical (unpaired) electrons. The lowest BCUT2D eigenvalue weighted by Gasteiger charge is -2.22. The Morgan fingerprint density at radius 3 is 2.77 bits per heavy atom. The van der Waals surface area contributed by atoms with E-state index in [0.29, 0.717) is 24.0 Å². The molecule has 1 aliphatic carbocycles. The smallest absolute Gasteiger partial charge is 0.263 e. The van der Waals surface area contributed by atoms with Gasteiger partial charge in [-0.1, -0.05) is 24.4 Å². The lowest BCUT2D eigenvalue weighted by atomic mass is 9.89. The van der Waals surface area contributed by atoms with Crippen LogP contribution in [-0.4, -0.2) is 38.5 Å². The molecule has 0 heterocycles. The molecule has 1 saturated carbocycles. The second kappa shape index (κ2) is 10.7. The van der Waals surface area contributed by atoms with Crippen molar-refractivity contribution in [1.82, 2.24) is 5.32 Å². The van der Waals surface area contributed by atoms with Gasteiger partial charge < -0.3 is 19.6 Å². The Balaban J connectivity index is 1.79. The van der Waals surface area contributed by atoms with Crippen LogP contribution in [0.2, 0.25) is 0 Å². The van der Waals surface area contributed by atoms with Crippen LogP contribution in [0.15, 0.2) is 23.4 Å². The third-order valence-electron chi connectivity index (χ3n) is 4.57. The number of ether oxygens (including phenoxy) is 2. The number of nitrogens with one attached hydrogen (secondary N) is 1. The molecule has 1 aliphatic rings. The van der Waals surface area contributed by atoms with Crippen LogP contribution in [0.25, 0.3) is 0 Å². The second-order valence-electron chi connectivity index (χ2n) is 6.57. The van der Waals surface area contributed by atoms with Gasteiger partial charge in [-0.3, -0.25) is 4.79 Å². The van der Waals surface area contributed by atoms with Crippen molar-refractivity contribution in [3.63, 3.8) is 0 Å². The van der Waals surface area contributed by atoms with Crippen LogP contribution in [0, 0.1) is 5.92 Å². The fraction of sp³-hybridized carbons (Fsp3) is 0.600. The van der Waals surface area contributed by atoms with Gasteiger partial charge in [0, 0.05) is 12.1 Å². The molecule has 144 valence electrons. The van der Waals surface area contributed by atoms with Gasteiger partial charge in [0.1, 0.15) is 0 Å². The van der Waals surface area contributed by atoms with Crippen LogP contribution in [0.3, 0.4) is 0 Å². The summed E-state index contributed by atoms with van der Waals surface area (Å²) < 4.78 is 10.8. The lowest BCUT2D eigenvalue weighted by molar-refractivity contribution is -0.131. The van der Waals surface area contributed by atoms with Gasteiger partial charge in [0.15, 0.2) is 11.5 Å². The van der Waals surface area contributed by atoms with Gasteiger partial charge >= 0.3 is 0 Å². The van der Waals surface area contributed by atoms with Gasteiger partial charge in [0.2, 0.25) is 6.10 Å². The molecule has 1 atom stereocenters. The number of benzene rings is 1. The van der Waals surface area contributed by atoms with E-state index in [0.717, 1.165) is 12.1 Å². The van der Waals surface area contributed by atoms with Crippen LogP contribution in [0.4, 0.5) is 0 Å². The van der Waals surface area contributed by atoms with Crippen LogP contribution < -0.4 is 14.8 Å². The fourth-order valence-corrected chi connectivity index (χ4v) is 3.05. The van der Waals surface area contributed by atoms with Crippen molar-refractivity contribution in [2.45, 2.75) is 52.1 Å². The Hall–Kier alpha value is -2.24. The van der Waals surface area contributed by atoms with E-state index in [1.54, 1.807) is 20.2 Å². The highest BCUT2D eigenvalue weighted by molar-refractivity contribution is 5.82. The molecule has 1 N–H and O–H groups in total. The molecule has 26 heavy (non-hydrogen) atoms. The molecule has 1 unspecified atom stereocenters. The monoisotopic (exact) mass is 362 g/mol. The number of carbonyl (C=O) groups excluding carboxylic acids is 1. The van der Waals surface area contributed by atoms with E-state index < -0.39 is 6.10 Å². The molecule has 1 fully saturated rings. The Labute approximate surface area is 155 Å². The largest absolute Gasteiger partial charge is 0.493 e. The summed E-state index contributed by atoms with van der Waals surface area (Å²) in [5.74, 6) is 1.79. The molecule has 1 amide bonds. The minimum Gasteiger partial charge on any atom is -0.493 e. The van der Waals surface area contributed by atoms with Crippen LogP contribution in [0.1, 0.15) is 51.5 Å². The van der Waals surface area contributed by atoms with Crippen molar-refractivity contribution in [2.24, 2.45) is 11.1 Å². The highest BCUT2D eigenvalue weighted by Gasteiger charge is 2.18. The first-order valence-electron chi connectivity index (χ1n) is 9.41. The van der Waals surface area contributed by atoms with Crippen molar-refractivity contribution >= 4 is 12.1 Å². The zero-order valence-corrected chi connectivity index (χ0v) is 16.0. The first kappa shape index (κ1) is 20.1. The summed E-state index contributed by atoms with van der Waals surface area (Å²) in [4.78, 5) is 17.4. The maximum atomic E-state index is 12.1. The number of hydrogen-bond acceptors (Lipinski definition) is 5. The minimum absolute atomic E-state index is 0.128. The van der Waals surface area contributed by atoms with Gasteiger partial charge in [0.25, 0.3) is 5.91 Å². The Kier molecular flexibility index (Phi) is 8.25. The Bertz CT molecular complexity index is 597. The van der Waals surface area contributed by atoms with Gasteiger partial charge in [-0.15, -0.1) is 0 Å². The van der Waals surface area contributed by atoms with Crippen LogP contribution >= 0.6 is 0 Å². The number of hydrogen-bond donors (Lipinski definition) is 1. The van der Waals surface area contributed by atoms with E-state index in [4.69, 9.17) is 14.3 Å². The summed E-state index contributed by atoms with van der Waals surface area (Å²) in [6.07, 6.45) is 7.18. The third-order valence-corrected chi connectivity index (χ3v) is 4.57. The average molecular weight is 362 g/mol. The highest BCUT2D eigenvalue weighted by atomic mass is 16.6. The maximum Gasteiger partial charge on any atom is 0.263 e. The number of methoxy groups -OCH3 is 1. The van der Waals surface area contributed by atoms with Gasteiger partial charge in [-0.2, -0.15) is 0 Å². The number of rotatable bonds is 9. The molecule has 0 bridgehead atoms. The SMILES string of the molecule is CCOc1ccc(/C=N/OC(C)C(=O)NCC2CCCCC2)cc1OC. The zero-order valence-electron chi connectivity index (χ0n) is 16.0. The Morgan fingerprint density at radius 2 is 2.08 bits per heavy atom. The van der Waals surface area contributed by atoms with Crippen molar-refractivity contribution in [1.29, 1.82) is 0 Å². The molecule has 1 aromatic rings. The van der Waals surface area contributed by atoms with Crippen molar-refractivity contribution in [3.8, 4) is 11.5 Å². The zero-order chi connectivity index (χ0) is 18.8. The number of amides is 1. The van der Waals surface area contributed by atoms with E-state index in [1.165, 1.54) is 32.1 Å².